The van der Waals surface area contributed by atoms with Gasteiger partial charge in [-0.2, -0.15) is 0 Å². The smallest absolute Gasteiger partial charge is 0.394 e. The molecule has 5 aromatic rings. The van der Waals surface area contributed by atoms with Crippen molar-refractivity contribution in [1.82, 2.24) is 9.55 Å². The third-order valence-electron chi connectivity index (χ3n) is 6.79. The summed E-state index contributed by atoms with van der Waals surface area (Å²) in [5.74, 6) is 0.406. The highest BCUT2D eigenvalue weighted by molar-refractivity contribution is 7.49. The van der Waals surface area contributed by atoms with Gasteiger partial charge in [-0.15, -0.1) is 0 Å². The minimum absolute atomic E-state index is 0.203. The Morgan fingerprint density at radius 2 is 1.39 bits per heavy atom. The average molecular weight is 576 g/mol. The van der Waals surface area contributed by atoms with E-state index in [9.17, 15) is 24.4 Å². The van der Waals surface area contributed by atoms with Gasteiger partial charge in [-0.05, 0) is 22.9 Å². The number of ether oxygens (including phenoxy) is 1. The highest BCUT2D eigenvalue weighted by Crippen LogP contribution is 2.54. The lowest BCUT2D eigenvalue weighted by Gasteiger charge is -2.26. The van der Waals surface area contributed by atoms with E-state index in [2.05, 4.69) is 4.98 Å². The number of aromatic amines is 1. The molecule has 1 aliphatic rings. The molecule has 1 aromatic heterocycles. The molecule has 3 N–H and O–H groups in total. The first-order valence-corrected chi connectivity index (χ1v) is 14.2. The summed E-state index contributed by atoms with van der Waals surface area (Å²) in [6, 6.07) is 26.1. The number of rotatable bonds is 8. The summed E-state index contributed by atoms with van der Waals surface area (Å²) >= 11 is 0. The van der Waals surface area contributed by atoms with Crippen molar-refractivity contribution in [2.24, 2.45) is 0 Å². The molecule has 2 heterocycles. The number of fused-ring (bicyclic) bond motifs is 2. The molecule has 0 saturated carbocycles. The number of nitrogens with zero attached hydrogens (tertiary/aromatic N) is 1. The number of hydrogen-bond donors (Lipinski definition) is 3. The third-order valence-corrected chi connectivity index (χ3v) is 8.13. The van der Waals surface area contributed by atoms with Gasteiger partial charge in [0.15, 0.2) is 6.23 Å². The van der Waals surface area contributed by atoms with Crippen LogP contribution in [-0.4, -0.2) is 44.7 Å². The molecule has 1 saturated heterocycles. The molecule has 0 spiro atoms. The number of aliphatic hydroxyl groups excluding tert-OH is 2. The van der Waals surface area contributed by atoms with Gasteiger partial charge in [0.25, 0.3) is 5.56 Å². The molecule has 210 valence electrons. The Labute approximate surface area is 232 Å². The zero-order valence-electron chi connectivity index (χ0n) is 21.4. The molecule has 4 aromatic carbocycles. The Hall–Kier alpha value is -4.25. The molecular weight excluding hydrogens is 551 g/mol. The molecule has 41 heavy (non-hydrogen) atoms. The standard InChI is InChI=1S/C29H25N2O9P/c32-17-24-27(26(34)28(37-24)31-16-15-25(33)30-29(31)35)40-41(36,38-22-13-5-9-18-7-1-3-11-20(18)22)39-23-14-6-10-19-8-2-4-12-21(19)23/h1-16,24,26-28,32,34H,17H2,(H,30,33,35)/t24-,26?,27?,28-/m0/s1. The molecule has 12 heteroatoms. The van der Waals surface area contributed by atoms with Crippen LogP contribution in [0.3, 0.4) is 0 Å². The minimum atomic E-state index is -4.64. The zero-order chi connectivity index (χ0) is 28.6. The molecule has 4 atom stereocenters. The van der Waals surface area contributed by atoms with Gasteiger partial charge in [0.1, 0.15) is 29.8 Å². The summed E-state index contributed by atoms with van der Waals surface area (Å²) in [6.07, 6.45) is -4.53. The van der Waals surface area contributed by atoms with Gasteiger partial charge in [0.2, 0.25) is 0 Å². The largest absolute Gasteiger partial charge is 0.588 e. The number of phosphoric ester groups is 1. The number of aromatic nitrogens is 2. The lowest BCUT2D eigenvalue weighted by molar-refractivity contribution is -0.0548. The van der Waals surface area contributed by atoms with Gasteiger partial charge >= 0.3 is 13.5 Å². The van der Waals surface area contributed by atoms with Gasteiger partial charge in [-0.25, -0.2) is 9.36 Å². The van der Waals surface area contributed by atoms with Crippen molar-refractivity contribution in [1.29, 1.82) is 0 Å². The predicted octanol–water partition coefficient (Wildman–Crippen LogP) is 3.74. The molecule has 1 fully saturated rings. The first kappa shape index (κ1) is 26.9. The van der Waals surface area contributed by atoms with Crippen LogP contribution >= 0.6 is 7.82 Å². The summed E-state index contributed by atoms with van der Waals surface area (Å²) in [5, 5.41) is 24.2. The number of aliphatic hydroxyl groups is 2. The quantitative estimate of drug-likeness (QED) is 0.235. The molecule has 0 bridgehead atoms. The minimum Gasteiger partial charge on any atom is -0.394 e. The van der Waals surface area contributed by atoms with Crippen molar-refractivity contribution >= 4 is 29.4 Å². The van der Waals surface area contributed by atoms with Crippen molar-refractivity contribution in [3.63, 3.8) is 0 Å². The first-order valence-electron chi connectivity index (χ1n) is 12.7. The van der Waals surface area contributed by atoms with Crippen molar-refractivity contribution in [3.8, 4) is 11.5 Å². The molecule has 0 radical (unpaired) electrons. The van der Waals surface area contributed by atoms with E-state index in [1.54, 1.807) is 48.5 Å². The van der Waals surface area contributed by atoms with E-state index >= 15 is 0 Å². The Kier molecular flexibility index (Phi) is 7.21. The van der Waals surface area contributed by atoms with E-state index < -0.39 is 50.2 Å². The van der Waals surface area contributed by atoms with Gasteiger partial charge < -0.3 is 24.0 Å². The molecule has 11 nitrogen and oxygen atoms in total. The third kappa shape index (κ3) is 5.29. The fourth-order valence-corrected chi connectivity index (χ4v) is 6.34. The summed E-state index contributed by atoms with van der Waals surface area (Å²) in [6.45, 7) is -0.654. The highest BCUT2D eigenvalue weighted by Gasteiger charge is 2.50. The van der Waals surface area contributed by atoms with E-state index in [0.29, 0.717) is 10.8 Å². The molecule has 2 unspecified atom stereocenters. The van der Waals surface area contributed by atoms with Crippen LogP contribution in [0, 0.1) is 0 Å². The Morgan fingerprint density at radius 1 is 0.829 bits per heavy atom. The maximum atomic E-state index is 14.5. The lowest BCUT2D eigenvalue weighted by Crippen LogP contribution is -2.39. The van der Waals surface area contributed by atoms with E-state index in [0.717, 1.165) is 27.6 Å². The second-order valence-corrected chi connectivity index (χ2v) is 10.9. The number of nitrogens with one attached hydrogen (secondary N) is 1. The van der Waals surface area contributed by atoms with E-state index in [1.165, 1.54) is 0 Å². The van der Waals surface area contributed by atoms with Gasteiger partial charge in [-0.1, -0.05) is 72.8 Å². The summed E-state index contributed by atoms with van der Waals surface area (Å²) in [4.78, 5) is 26.0. The van der Waals surface area contributed by atoms with Gasteiger partial charge in [0, 0.05) is 23.0 Å². The highest BCUT2D eigenvalue weighted by atomic mass is 31.2. The molecule has 0 aliphatic carbocycles. The number of hydrogen-bond acceptors (Lipinski definition) is 9. The Bertz CT molecular complexity index is 1790. The second kappa shape index (κ2) is 11.0. The van der Waals surface area contributed by atoms with E-state index in [1.807, 2.05) is 36.4 Å². The van der Waals surface area contributed by atoms with Crippen molar-refractivity contribution in [2.75, 3.05) is 6.61 Å². The lowest BCUT2D eigenvalue weighted by atomic mass is 10.1. The van der Waals surface area contributed by atoms with E-state index in [-0.39, 0.29) is 11.5 Å². The van der Waals surface area contributed by atoms with Gasteiger partial charge in [-0.3, -0.25) is 18.9 Å². The normalized spacial score (nSPS) is 20.8. The maximum absolute atomic E-state index is 14.5. The number of phosphoric acid groups is 1. The predicted molar refractivity (Wildman–Crippen MR) is 150 cm³/mol. The summed E-state index contributed by atoms with van der Waals surface area (Å²) in [7, 11) is -4.64. The molecule has 0 amide bonds. The summed E-state index contributed by atoms with van der Waals surface area (Å²) < 4.78 is 39.1. The van der Waals surface area contributed by atoms with Crippen LogP contribution in [0.4, 0.5) is 0 Å². The van der Waals surface area contributed by atoms with Gasteiger partial charge in [0.05, 0.1) is 6.61 Å². The zero-order valence-corrected chi connectivity index (χ0v) is 22.3. The maximum Gasteiger partial charge on any atom is 0.588 e. The van der Waals surface area contributed by atoms with Crippen molar-refractivity contribution in [3.05, 3.63) is 118 Å². The topological polar surface area (TPSA) is 149 Å². The monoisotopic (exact) mass is 576 g/mol. The fraction of sp³-hybridized carbons (Fsp3) is 0.172. The molecule has 6 rings (SSSR count). The summed E-state index contributed by atoms with van der Waals surface area (Å²) in [5.41, 5.74) is -1.48. The van der Waals surface area contributed by atoms with E-state index in [4.69, 9.17) is 18.3 Å². The Balaban J connectivity index is 1.40. The van der Waals surface area contributed by atoms with Crippen LogP contribution in [0.2, 0.25) is 0 Å². The van der Waals surface area contributed by atoms with Crippen LogP contribution in [-0.2, 0) is 13.8 Å². The van der Waals surface area contributed by atoms with Crippen LogP contribution in [0.1, 0.15) is 6.23 Å². The fourth-order valence-electron chi connectivity index (χ4n) is 4.86. The Morgan fingerprint density at radius 3 is 1.95 bits per heavy atom. The van der Waals surface area contributed by atoms with Crippen LogP contribution < -0.4 is 20.3 Å². The number of benzene rings is 4. The molecular formula is C29H25N2O9P. The SMILES string of the molecule is O=c1ccn([C@H]2O[C@@H](CO)C(OP(=O)(Oc3cccc4ccccc34)Oc3cccc4ccccc34)C2O)c(=O)[nH]1. The van der Waals surface area contributed by atoms with Crippen LogP contribution in [0.5, 0.6) is 11.5 Å². The van der Waals surface area contributed by atoms with Crippen molar-refractivity contribution in [2.45, 2.75) is 24.5 Å². The second-order valence-electron chi connectivity index (χ2n) is 9.41. The number of H-pyrrole nitrogens is 1. The van der Waals surface area contributed by atoms with Crippen LogP contribution in [0.25, 0.3) is 21.5 Å². The molecule has 1 aliphatic heterocycles. The first-order chi connectivity index (χ1) is 19.8. The van der Waals surface area contributed by atoms with Crippen molar-refractivity contribution < 1.29 is 33.1 Å². The average Bonchev–Trinajstić information content (AvgIpc) is 3.27. The van der Waals surface area contributed by atoms with Crippen LogP contribution in [0.15, 0.2) is 107 Å².